The molecule has 1 aliphatic heterocycles. The number of carbonyl (C=O) groups is 1. The van der Waals surface area contributed by atoms with Crippen LogP contribution in [0.15, 0.2) is 18.2 Å². The Labute approximate surface area is 111 Å². The van der Waals surface area contributed by atoms with Crippen LogP contribution in [-0.2, 0) is 0 Å². The van der Waals surface area contributed by atoms with Crippen LogP contribution in [0, 0.1) is 17.7 Å². The number of anilines is 1. The quantitative estimate of drug-likeness (QED) is 0.769. The Morgan fingerprint density at radius 2 is 2.21 bits per heavy atom. The van der Waals surface area contributed by atoms with Crippen LogP contribution in [-0.4, -0.2) is 17.2 Å². The van der Waals surface area contributed by atoms with Gasteiger partial charge in [0.2, 0.25) is 0 Å². The first-order valence-corrected chi connectivity index (χ1v) is 6.61. The molecule has 3 atom stereocenters. The molecule has 1 aromatic rings. The summed E-state index contributed by atoms with van der Waals surface area (Å²) in [4.78, 5) is 11.0. The molecule has 1 aromatic carbocycles. The van der Waals surface area contributed by atoms with Crippen LogP contribution in [0.4, 0.5) is 14.9 Å². The lowest BCUT2D eigenvalue weighted by Gasteiger charge is -2.39. The van der Waals surface area contributed by atoms with Gasteiger partial charge in [0.05, 0.1) is 6.04 Å². The van der Waals surface area contributed by atoms with Gasteiger partial charge in [-0.25, -0.2) is 9.18 Å². The molecule has 2 aliphatic rings. The highest BCUT2D eigenvalue weighted by atomic mass is 19.1. The van der Waals surface area contributed by atoms with Crippen molar-refractivity contribution in [3.05, 3.63) is 29.6 Å². The van der Waals surface area contributed by atoms with Crippen molar-refractivity contribution in [3.8, 4) is 0 Å². The molecule has 19 heavy (non-hydrogen) atoms. The first kappa shape index (κ1) is 12.3. The molecule has 3 N–H and O–H groups in total. The average Bonchev–Trinajstić information content (AvgIpc) is 3.16. The second-order valence-electron chi connectivity index (χ2n) is 5.53. The highest BCUT2D eigenvalue weighted by molar-refractivity contribution is 5.67. The molecule has 1 saturated carbocycles. The number of halogens is 1. The van der Waals surface area contributed by atoms with Crippen LogP contribution in [0.2, 0.25) is 0 Å². The molecule has 0 saturated heterocycles. The van der Waals surface area contributed by atoms with Crippen molar-refractivity contribution in [1.29, 1.82) is 0 Å². The minimum absolute atomic E-state index is 0.154. The molecular formula is C14H17FN2O2. The van der Waals surface area contributed by atoms with E-state index in [4.69, 9.17) is 5.11 Å². The fourth-order valence-electron chi connectivity index (χ4n) is 3.07. The van der Waals surface area contributed by atoms with Gasteiger partial charge < -0.3 is 15.7 Å². The van der Waals surface area contributed by atoms with Crippen molar-refractivity contribution >= 4 is 11.8 Å². The molecule has 1 fully saturated rings. The van der Waals surface area contributed by atoms with Gasteiger partial charge in [-0.2, -0.15) is 0 Å². The number of hydrogen-bond donors (Lipinski definition) is 3. The Hall–Kier alpha value is -1.78. The van der Waals surface area contributed by atoms with Crippen LogP contribution >= 0.6 is 0 Å². The summed E-state index contributed by atoms with van der Waals surface area (Å²) in [5, 5.41) is 15.0. The van der Waals surface area contributed by atoms with E-state index in [-0.39, 0.29) is 23.8 Å². The van der Waals surface area contributed by atoms with Gasteiger partial charge in [0.1, 0.15) is 5.82 Å². The number of rotatable bonds is 2. The minimum atomic E-state index is -1.04. The third-order valence-corrected chi connectivity index (χ3v) is 4.17. The van der Waals surface area contributed by atoms with Gasteiger partial charge in [-0.05, 0) is 36.5 Å². The lowest BCUT2D eigenvalue weighted by atomic mass is 9.81. The Morgan fingerprint density at radius 3 is 2.84 bits per heavy atom. The number of benzene rings is 1. The van der Waals surface area contributed by atoms with Crippen molar-refractivity contribution < 1.29 is 14.3 Å². The molecule has 5 heteroatoms. The highest BCUT2D eigenvalue weighted by Crippen LogP contribution is 2.45. The van der Waals surface area contributed by atoms with E-state index < -0.39 is 6.09 Å². The number of nitrogens with one attached hydrogen (secondary N) is 2. The van der Waals surface area contributed by atoms with E-state index >= 15 is 0 Å². The van der Waals surface area contributed by atoms with Gasteiger partial charge in [-0.1, -0.05) is 13.0 Å². The van der Waals surface area contributed by atoms with Gasteiger partial charge >= 0.3 is 6.09 Å². The van der Waals surface area contributed by atoms with Crippen molar-refractivity contribution in [2.75, 3.05) is 5.32 Å². The summed E-state index contributed by atoms with van der Waals surface area (Å²) in [6.07, 6.45) is 1.28. The van der Waals surface area contributed by atoms with Crippen molar-refractivity contribution in [2.45, 2.75) is 31.8 Å². The highest BCUT2D eigenvalue weighted by Gasteiger charge is 2.42. The Morgan fingerprint density at radius 1 is 1.47 bits per heavy atom. The summed E-state index contributed by atoms with van der Waals surface area (Å²) in [5.74, 6) is 0.426. The predicted octanol–water partition coefficient (Wildman–Crippen LogP) is 2.97. The molecule has 0 bridgehead atoms. The summed E-state index contributed by atoms with van der Waals surface area (Å²) in [7, 11) is 0. The molecule has 1 aliphatic carbocycles. The molecule has 1 amide bonds. The monoisotopic (exact) mass is 264 g/mol. The van der Waals surface area contributed by atoms with Gasteiger partial charge in [-0.15, -0.1) is 0 Å². The first-order chi connectivity index (χ1) is 9.06. The van der Waals surface area contributed by atoms with Crippen LogP contribution in [0.5, 0.6) is 0 Å². The summed E-state index contributed by atoms with van der Waals surface area (Å²) < 4.78 is 13.3. The number of carboxylic acid groups (broad SMARTS) is 1. The molecule has 3 rings (SSSR count). The summed E-state index contributed by atoms with van der Waals surface area (Å²) in [5.41, 5.74) is 1.54. The van der Waals surface area contributed by atoms with E-state index in [9.17, 15) is 9.18 Å². The number of fused-ring (bicyclic) bond motifs is 1. The fourth-order valence-corrected chi connectivity index (χ4v) is 3.07. The number of hydrogen-bond acceptors (Lipinski definition) is 2. The molecule has 1 heterocycles. The first-order valence-electron chi connectivity index (χ1n) is 6.61. The van der Waals surface area contributed by atoms with Crippen LogP contribution in [0.3, 0.4) is 0 Å². The third kappa shape index (κ3) is 2.25. The van der Waals surface area contributed by atoms with Gasteiger partial charge in [0.15, 0.2) is 0 Å². The standard InChI is InChI=1S/C14H17FN2O2/c1-7-12(8-2-3-8)16-11-6-9(15)4-5-10(11)13(7)17-14(18)19/h4-8,12-13,16-17H,2-3H2,1H3,(H,18,19)/t7-,12+,13+/m0/s1. The molecule has 4 nitrogen and oxygen atoms in total. The van der Waals surface area contributed by atoms with Crippen LogP contribution in [0.1, 0.15) is 31.4 Å². The normalized spacial score (nSPS) is 29.3. The van der Waals surface area contributed by atoms with E-state index in [1.165, 1.54) is 12.1 Å². The van der Waals surface area contributed by atoms with E-state index in [0.29, 0.717) is 11.6 Å². The van der Waals surface area contributed by atoms with Gasteiger partial charge in [-0.3, -0.25) is 0 Å². The predicted molar refractivity (Wildman–Crippen MR) is 69.6 cm³/mol. The average molecular weight is 264 g/mol. The maximum Gasteiger partial charge on any atom is 0.405 e. The SMILES string of the molecule is C[C@@H]1[C@@H](NC(=O)O)c2ccc(F)cc2N[C@H]1C1CC1. The molecule has 0 spiro atoms. The summed E-state index contributed by atoms with van der Waals surface area (Å²) >= 11 is 0. The Bertz CT molecular complexity index is 516. The molecule has 0 aromatic heterocycles. The van der Waals surface area contributed by atoms with Gasteiger partial charge in [0, 0.05) is 17.6 Å². The van der Waals surface area contributed by atoms with E-state index in [2.05, 4.69) is 10.6 Å². The summed E-state index contributed by atoms with van der Waals surface area (Å²) in [6, 6.07) is 4.43. The second-order valence-corrected chi connectivity index (χ2v) is 5.53. The minimum Gasteiger partial charge on any atom is -0.465 e. The van der Waals surface area contributed by atoms with Crippen molar-refractivity contribution in [3.63, 3.8) is 0 Å². The van der Waals surface area contributed by atoms with E-state index in [0.717, 1.165) is 18.4 Å². The lowest BCUT2D eigenvalue weighted by molar-refractivity contribution is 0.181. The van der Waals surface area contributed by atoms with Crippen molar-refractivity contribution in [1.82, 2.24) is 5.32 Å². The van der Waals surface area contributed by atoms with Crippen LogP contribution < -0.4 is 10.6 Å². The van der Waals surface area contributed by atoms with E-state index in [1.807, 2.05) is 6.92 Å². The van der Waals surface area contributed by atoms with E-state index in [1.54, 1.807) is 6.07 Å². The Kier molecular flexibility index (Phi) is 2.84. The molecule has 0 radical (unpaired) electrons. The lowest BCUT2D eigenvalue weighted by Crippen LogP contribution is -2.44. The zero-order chi connectivity index (χ0) is 13.6. The third-order valence-electron chi connectivity index (χ3n) is 4.17. The maximum absolute atomic E-state index is 13.3. The second kappa shape index (κ2) is 4.40. The van der Waals surface area contributed by atoms with Crippen LogP contribution in [0.25, 0.3) is 0 Å². The topological polar surface area (TPSA) is 61.4 Å². The Balaban J connectivity index is 1.98. The molecular weight excluding hydrogens is 247 g/mol. The van der Waals surface area contributed by atoms with Crippen molar-refractivity contribution in [2.24, 2.45) is 11.8 Å². The molecule has 0 unspecified atom stereocenters. The fraction of sp³-hybridized carbons (Fsp3) is 0.500. The largest absolute Gasteiger partial charge is 0.465 e. The number of amides is 1. The maximum atomic E-state index is 13.3. The molecule has 102 valence electrons. The smallest absolute Gasteiger partial charge is 0.405 e. The zero-order valence-electron chi connectivity index (χ0n) is 10.7. The summed E-state index contributed by atoms with van der Waals surface area (Å²) in [6.45, 7) is 2.04. The zero-order valence-corrected chi connectivity index (χ0v) is 10.7. The van der Waals surface area contributed by atoms with Gasteiger partial charge in [0.25, 0.3) is 0 Å².